The predicted octanol–water partition coefficient (Wildman–Crippen LogP) is 3.61. The van der Waals surface area contributed by atoms with Crippen molar-refractivity contribution in [2.45, 2.75) is 31.5 Å². The first-order valence-electron chi connectivity index (χ1n) is 4.74. The Morgan fingerprint density at radius 1 is 1.38 bits per heavy atom. The number of hydrogen-bond donors (Lipinski definition) is 1. The normalized spacial score (nSPS) is 13.8. The van der Waals surface area contributed by atoms with Crippen LogP contribution in [0, 0.1) is 0 Å². The van der Waals surface area contributed by atoms with Gasteiger partial charge in [-0.05, 0) is 40.4 Å². The molecule has 0 bridgehead atoms. The molecule has 0 spiro atoms. The standard InChI is InChI=1S/C10H11BrF3NO/c11-8-4-7(5-15-6-8)9(16)2-1-3-10(12,13)14/h4-6,9,16H,1-3H2. The van der Waals surface area contributed by atoms with Crippen LogP contribution in [-0.4, -0.2) is 16.3 Å². The molecular formula is C10H11BrF3NO. The summed E-state index contributed by atoms with van der Waals surface area (Å²) < 4.78 is 36.3. The fraction of sp³-hybridized carbons (Fsp3) is 0.500. The van der Waals surface area contributed by atoms with Crippen molar-refractivity contribution in [3.63, 3.8) is 0 Å². The third-order valence-electron chi connectivity index (χ3n) is 2.05. The Balaban J connectivity index is 2.44. The Morgan fingerprint density at radius 2 is 2.06 bits per heavy atom. The highest BCUT2D eigenvalue weighted by molar-refractivity contribution is 9.10. The highest BCUT2D eigenvalue weighted by Gasteiger charge is 2.26. The van der Waals surface area contributed by atoms with Gasteiger partial charge in [-0.15, -0.1) is 0 Å². The number of aromatic nitrogens is 1. The quantitative estimate of drug-likeness (QED) is 0.921. The van der Waals surface area contributed by atoms with E-state index in [1.807, 2.05) is 0 Å². The van der Waals surface area contributed by atoms with Crippen LogP contribution in [0.1, 0.15) is 30.9 Å². The molecule has 0 saturated carbocycles. The molecular weight excluding hydrogens is 287 g/mol. The van der Waals surface area contributed by atoms with E-state index in [4.69, 9.17) is 0 Å². The number of alkyl halides is 3. The second-order valence-electron chi connectivity index (χ2n) is 3.46. The van der Waals surface area contributed by atoms with Gasteiger partial charge in [0.1, 0.15) is 0 Å². The summed E-state index contributed by atoms with van der Waals surface area (Å²) in [5.74, 6) is 0. The van der Waals surface area contributed by atoms with Gasteiger partial charge in [0.05, 0.1) is 6.10 Å². The van der Waals surface area contributed by atoms with Crippen molar-refractivity contribution < 1.29 is 18.3 Å². The van der Waals surface area contributed by atoms with Crippen LogP contribution in [0.2, 0.25) is 0 Å². The van der Waals surface area contributed by atoms with E-state index in [0.29, 0.717) is 10.0 Å². The van der Waals surface area contributed by atoms with E-state index in [1.54, 1.807) is 12.3 Å². The molecule has 1 aromatic rings. The monoisotopic (exact) mass is 297 g/mol. The van der Waals surface area contributed by atoms with E-state index in [9.17, 15) is 18.3 Å². The molecule has 0 amide bonds. The molecule has 1 heterocycles. The van der Waals surface area contributed by atoms with Gasteiger partial charge in [0, 0.05) is 23.3 Å². The molecule has 1 N–H and O–H groups in total. The summed E-state index contributed by atoms with van der Waals surface area (Å²) in [6.07, 6.45) is -2.93. The van der Waals surface area contributed by atoms with E-state index in [-0.39, 0.29) is 12.8 Å². The largest absolute Gasteiger partial charge is 0.389 e. The number of nitrogens with zero attached hydrogens (tertiary/aromatic N) is 1. The molecule has 0 aliphatic heterocycles. The minimum Gasteiger partial charge on any atom is -0.388 e. The summed E-state index contributed by atoms with van der Waals surface area (Å²) in [7, 11) is 0. The number of rotatable bonds is 4. The lowest BCUT2D eigenvalue weighted by molar-refractivity contribution is -0.136. The maximum absolute atomic E-state index is 11.9. The summed E-state index contributed by atoms with van der Waals surface area (Å²) in [4.78, 5) is 3.83. The highest BCUT2D eigenvalue weighted by atomic mass is 79.9. The van der Waals surface area contributed by atoms with Crippen LogP contribution >= 0.6 is 15.9 Å². The molecule has 1 aromatic heterocycles. The second kappa shape index (κ2) is 5.63. The average molecular weight is 298 g/mol. The molecule has 2 nitrogen and oxygen atoms in total. The zero-order valence-electron chi connectivity index (χ0n) is 8.34. The summed E-state index contributed by atoms with van der Waals surface area (Å²) >= 11 is 3.18. The van der Waals surface area contributed by atoms with Gasteiger partial charge >= 0.3 is 6.18 Å². The maximum atomic E-state index is 11.9. The van der Waals surface area contributed by atoms with Crippen LogP contribution < -0.4 is 0 Å². The van der Waals surface area contributed by atoms with Gasteiger partial charge in [0.2, 0.25) is 0 Å². The van der Waals surface area contributed by atoms with E-state index in [2.05, 4.69) is 20.9 Å². The highest BCUT2D eigenvalue weighted by Crippen LogP contribution is 2.26. The summed E-state index contributed by atoms with van der Waals surface area (Å²) in [6.45, 7) is 0. The zero-order chi connectivity index (χ0) is 12.2. The molecule has 0 aliphatic carbocycles. The third-order valence-corrected chi connectivity index (χ3v) is 2.48. The topological polar surface area (TPSA) is 33.1 Å². The Bertz CT molecular complexity index is 343. The Labute approximate surface area is 99.6 Å². The molecule has 16 heavy (non-hydrogen) atoms. The number of hydrogen-bond acceptors (Lipinski definition) is 2. The molecule has 1 atom stereocenters. The van der Waals surface area contributed by atoms with Crippen molar-refractivity contribution in [3.8, 4) is 0 Å². The maximum Gasteiger partial charge on any atom is 0.389 e. The first kappa shape index (κ1) is 13.4. The van der Waals surface area contributed by atoms with Gasteiger partial charge in [0.15, 0.2) is 0 Å². The average Bonchev–Trinajstić information content (AvgIpc) is 2.15. The van der Waals surface area contributed by atoms with Crippen LogP contribution in [0.5, 0.6) is 0 Å². The minimum absolute atomic E-state index is 0.0810. The van der Waals surface area contributed by atoms with Crippen molar-refractivity contribution >= 4 is 15.9 Å². The van der Waals surface area contributed by atoms with Gasteiger partial charge in [-0.2, -0.15) is 13.2 Å². The van der Waals surface area contributed by atoms with Gasteiger partial charge in [-0.25, -0.2) is 0 Å². The molecule has 0 aliphatic rings. The first-order valence-corrected chi connectivity index (χ1v) is 5.53. The molecule has 0 radical (unpaired) electrons. The van der Waals surface area contributed by atoms with E-state index >= 15 is 0 Å². The number of halogens is 4. The molecule has 90 valence electrons. The van der Waals surface area contributed by atoms with Crippen molar-refractivity contribution in [3.05, 3.63) is 28.5 Å². The summed E-state index contributed by atoms with van der Waals surface area (Å²) in [6, 6.07) is 1.64. The molecule has 0 fully saturated rings. The van der Waals surface area contributed by atoms with E-state index in [0.717, 1.165) is 0 Å². The van der Waals surface area contributed by atoms with Gasteiger partial charge in [0.25, 0.3) is 0 Å². The van der Waals surface area contributed by atoms with Crippen molar-refractivity contribution in [1.82, 2.24) is 4.98 Å². The predicted molar refractivity (Wildman–Crippen MR) is 56.8 cm³/mol. The minimum atomic E-state index is -4.16. The molecule has 0 saturated heterocycles. The lowest BCUT2D eigenvalue weighted by Gasteiger charge is -2.11. The summed E-state index contributed by atoms with van der Waals surface area (Å²) in [5.41, 5.74) is 0.525. The van der Waals surface area contributed by atoms with E-state index in [1.165, 1.54) is 6.20 Å². The fourth-order valence-electron chi connectivity index (χ4n) is 1.27. The summed E-state index contributed by atoms with van der Waals surface area (Å²) in [5, 5.41) is 9.61. The van der Waals surface area contributed by atoms with Crippen molar-refractivity contribution in [2.24, 2.45) is 0 Å². The number of aliphatic hydroxyl groups is 1. The molecule has 1 rings (SSSR count). The number of aliphatic hydroxyl groups excluding tert-OH is 1. The Hall–Kier alpha value is -0.620. The smallest absolute Gasteiger partial charge is 0.388 e. The van der Waals surface area contributed by atoms with Crippen molar-refractivity contribution in [2.75, 3.05) is 0 Å². The van der Waals surface area contributed by atoms with Gasteiger partial charge in [-0.1, -0.05) is 0 Å². The van der Waals surface area contributed by atoms with Crippen LogP contribution in [0.4, 0.5) is 13.2 Å². The third kappa shape index (κ3) is 4.94. The second-order valence-corrected chi connectivity index (χ2v) is 4.38. The van der Waals surface area contributed by atoms with Crippen LogP contribution in [0.25, 0.3) is 0 Å². The molecule has 1 unspecified atom stereocenters. The van der Waals surface area contributed by atoms with Gasteiger partial charge < -0.3 is 5.11 Å². The lowest BCUT2D eigenvalue weighted by atomic mass is 10.1. The van der Waals surface area contributed by atoms with Crippen LogP contribution in [-0.2, 0) is 0 Å². The SMILES string of the molecule is OC(CCCC(F)(F)F)c1cncc(Br)c1. The fourth-order valence-corrected chi connectivity index (χ4v) is 1.66. The Kier molecular flexibility index (Phi) is 4.73. The molecule has 6 heteroatoms. The zero-order valence-corrected chi connectivity index (χ0v) is 9.92. The van der Waals surface area contributed by atoms with Crippen LogP contribution in [0.15, 0.2) is 22.9 Å². The van der Waals surface area contributed by atoms with Crippen molar-refractivity contribution in [1.29, 1.82) is 0 Å². The number of pyridine rings is 1. The first-order chi connectivity index (χ1) is 7.38. The van der Waals surface area contributed by atoms with Crippen LogP contribution in [0.3, 0.4) is 0 Å². The van der Waals surface area contributed by atoms with Gasteiger partial charge in [-0.3, -0.25) is 4.98 Å². The van der Waals surface area contributed by atoms with E-state index < -0.39 is 18.7 Å². The Morgan fingerprint density at radius 3 is 2.62 bits per heavy atom. The molecule has 0 aromatic carbocycles. The lowest BCUT2D eigenvalue weighted by Crippen LogP contribution is -2.08.